The molecule has 37 heavy (non-hydrogen) atoms. The topological polar surface area (TPSA) is 89.5 Å². The van der Waals surface area contributed by atoms with Gasteiger partial charge in [-0.2, -0.15) is 0 Å². The zero-order valence-electron chi connectivity index (χ0n) is 21.3. The summed E-state index contributed by atoms with van der Waals surface area (Å²) in [6.07, 6.45) is 4.96. The number of ether oxygens (including phenoxy) is 2. The fraction of sp³-hybridized carbons (Fsp3) is 0.310. The first-order valence-corrected chi connectivity index (χ1v) is 12.5. The second kappa shape index (κ2) is 10.4. The summed E-state index contributed by atoms with van der Waals surface area (Å²) in [6.45, 7) is 7.02. The Morgan fingerprint density at radius 3 is 2.62 bits per heavy atom. The Balaban J connectivity index is 1.33. The molecule has 0 spiro atoms. The number of para-hydroxylation sites is 1. The number of carbonyl (C=O) groups is 1. The van der Waals surface area contributed by atoms with Crippen LogP contribution in [-0.4, -0.2) is 44.6 Å². The van der Waals surface area contributed by atoms with Gasteiger partial charge in [0.15, 0.2) is 0 Å². The summed E-state index contributed by atoms with van der Waals surface area (Å²) >= 11 is 0. The highest BCUT2D eigenvalue weighted by Gasteiger charge is 2.28. The van der Waals surface area contributed by atoms with E-state index in [-0.39, 0.29) is 12.0 Å². The van der Waals surface area contributed by atoms with E-state index in [1.165, 1.54) is 0 Å². The minimum atomic E-state index is -0.508. The van der Waals surface area contributed by atoms with Crippen molar-refractivity contribution in [2.24, 2.45) is 0 Å². The Kier molecular flexibility index (Phi) is 6.90. The van der Waals surface area contributed by atoms with Crippen molar-refractivity contribution in [3.63, 3.8) is 0 Å². The molecule has 8 nitrogen and oxygen atoms in total. The fourth-order valence-corrected chi connectivity index (χ4v) is 4.43. The molecular weight excluding hydrogens is 466 g/mol. The van der Waals surface area contributed by atoms with Gasteiger partial charge in [0.1, 0.15) is 23.5 Å². The summed E-state index contributed by atoms with van der Waals surface area (Å²) in [6, 6.07) is 19.5. The number of fused-ring (bicyclic) bond motifs is 1. The van der Waals surface area contributed by atoms with E-state index in [9.17, 15) is 4.79 Å². The second-order valence-electron chi connectivity index (χ2n) is 10.2. The summed E-state index contributed by atoms with van der Waals surface area (Å²) in [5, 5.41) is 4.28. The van der Waals surface area contributed by atoms with Gasteiger partial charge in [0, 0.05) is 30.5 Å². The Bertz CT molecular complexity index is 1370. The van der Waals surface area contributed by atoms with Crippen LogP contribution in [0.2, 0.25) is 0 Å². The highest BCUT2D eigenvalue weighted by atomic mass is 16.6. The lowest BCUT2D eigenvalue weighted by atomic mass is 9.90. The zero-order chi connectivity index (χ0) is 25.8. The number of likely N-dealkylation sites (tertiary alicyclic amines) is 1. The summed E-state index contributed by atoms with van der Waals surface area (Å²) < 4.78 is 11.4. The number of hydrogen-bond acceptors (Lipinski definition) is 7. The summed E-state index contributed by atoms with van der Waals surface area (Å²) in [7, 11) is 0. The summed E-state index contributed by atoms with van der Waals surface area (Å²) in [5.74, 6) is 2.16. The average molecular weight is 498 g/mol. The first-order valence-electron chi connectivity index (χ1n) is 12.5. The van der Waals surface area contributed by atoms with E-state index in [1.807, 2.05) is 74.2 Å². The molecule has 1 aliphatic heterocycles. The number of carbonyl (C=O) groups excluding carboxylic acids is 1. The van der Waals surface area contributed by atoms with Crippen LogP contribution in [0.4, 0.5) is 16.3 Å². The van der Waals surface area contributed by atoms with Crippen LogP contribution in [-0.2, 0) is 4.74 Å². The normalized spacial score (nSPS) is 15.9. The molecule has 3 heterocycles. The monoisotopic (exact) mass is 497 g/mol. The standard InChI is InChI=1S/C29H31N5O3/c1-29(2,3)37-28(35)34-15-7-8-21(18-34)20-11-13-25-24(16-20)27(32-19-31-25)33-22-12-14-26(30-17-22)36-23-9-5-4-6-10-23/h4-6,9-14,16-17,19,21H,7-8,15,18H2,1-3H3,(H,31,32,33)/t21-/m0/s1. The number of pyridine rings is 1. The molecule has 4 aromatic rings. The predicted molar refractivity (Wildman–Crippen MR) is 143 cm³/mol. The average Bonchev–Trinajstić information content (AvgIpc) is 2.89. The molecule has 0 radical (unpaired) electrons. The SMILES string of the molecule is CC(C)(C)OC(=O)N1CCC[C@H](c2ccc3ncnc(Nc4ccc(Oc5ccccc5)nc4)c3c2)C1. The van der Waals surface area contributed by atoms with Gasteiger partial charge in [-0.15, -0.1) is 0 Å². The molecule has 0 unspecified atom stereocenters. The van der Waals surface area contributed by atoms with Crippen LogP contribution >= 0.6 is 0 Å². The maximum atomic E-state index is 12.6. The quantitative estimate of drug-likeness (QED) is 0.329. The fourth-order valence-electron chi connectivity index (χ4n) is 4.43. The molecule has 1 atom stereocenters. The van der Waals surface area contributed by atoms with Gasteiger partial charge < -0.3 is 19.7 Å². The first-order chi connectivity index (χ1) is 17.8. The Hall–Kier alpha value is -4.20. The molecule has 2 aromatic carbocycles. The number of aromatic nitrogens is 3. The third-order valence-electron chi connectivity index (χ3n) is 6.17. The van der Waals surface area contributed by atoms with Gasteiger partial charge in [-0.1, -0.05) is 24.3 Å². The minimum absolute atomic E-state index is 0.217. The van der Waals surface area contributed by atoms with Crippen molar-refractivity contribution in [1.29, 1.82) is 0 Å². The Morgan fingerprint density at radius 1 is 1.03 bits per heavy atom. The molecule has 1 N–H and O–H groups in total. The van der Waals surface area contributed by atoms with Gasteiger partial charge in [0.25, 0.3) is 0 Å². The van der Waals surface area contributed by atoms with E-state index in [0.29, 0.717) is 24.8 Å². The number of hydrogen-bond donors (Lipinski definition) is 1. The zero-order valence-corrected chi connectivity index (χ0v) is 21.3. The van der Waals surface area contributed by atoms with Gasteiger partial charge in [-0.05, 0) is 69.5 Å². The molecule has 1 fully saturated rings. The smallest absolute Gasteiger partial charge is 0.410 e. The van der Waals surface area contributed by atoms with E-state index in [2.05, 4.69) is 32.4 Å². The van der Waals surface area contributed by atoms with E-state index < -0.39 is 5.60 Å². The number of piperidine rings is 1. The van der Waals surface area contributed by atoms with E-state index in [1.54, 1.807) is 12.5 Å². The maximum Gasteiger partial charge on any atom is 0.410 e. The largest absolute Gasteiger partial charge is 0.444 e. The first kappa shape index (κ1) is 24.5. The van der Waals surface area contributed by atoms with Crippen molar-refractivity contribution in [3.8, 4) is 11.6 Å². The van der Waals surface area contributed by atoms with Gasteiger partial charge in [0.05, 0.1) is 17.4 Å². The van der Waals surface area contributed by atoms with Crippen molar-refractivity contribution in [2.75, 3.05) is 18.4 Å². The molecule has 0 aliphatic carbocycles. The molecular formula is C29H31N5O3. The third kappa shape index (κ3) is 6.14. The van der Waals surface area contributed by atoms with Crippen LogP contribution in [0.3, 0.4) is 0 Å². The van der Waals surface area contributed by atoms with Gasteiger partial charge >= 0.3 is 6.09 Å². The summed E-state index contributed by atoms with van der Waals surface area (Å²) in [5.41, 5.74) is 2.28. The van der Waals surface area contributed by atoms with Crippen LogP contribution in [0.15, 0.2) is 73.2 Å². The molecule has 1 saturated heterocycles. The number of nitrogens with zero attached hydrogens (tertiary/aromatic N) is 4. The highest BCUT2D eigenvalue weighted by Crippen LogP contribution is 2.32. The molecule has 8 heteroatoms. The van der Waals surface area contributed by atoms with Crippen molar-refractivity contribution in [1.82, 2.24) is 19.9 Å². The Labute approximate surface area is 216 Å². The van der Waals surface area contributed by atoms with E-state index in [0.717, 1.165) is 40.7 Å². The lowest BCUT2D eigenvalue weighted by Crippen LogP contribution is -2.42. The molecule has 1 aliphatic rings. The van der Waals surface area contributed by atoms with Crippen molar-refractivity contribution >= 4 is 28.5 Å². The van der Waals surface area contributed by atoms with Crippen LogP contribution in [0.25, 0.3) is 10.9 Å². The third-order valence-corrected chi connectivity index (χ3v) is 6.17. The van der Waals surface area contributed by atoms with Gasteiger partial charge in [-0.25, -0.2) is 19.7 Å². The number of anilines is 2. The van der Waals surface area contributed by atoms with Crippen LogP contribution < -0.4 is 10.1 Å². The number of benzene rings is 2. The highest BCUT2D eigenvalue weighted by molar-refractivity contribution is 5.91. The van der Waals surface area contributed by atoms with E-state index >= 15 is 0 Å². The minimum Gasteiger partial charge on any atom is -0.444 e. The van der Waals surface area contributed by atoms with Crippen LogP contribution in [0, 0.1) is 0 Å². The number of amides is 1. The number of rotatable bonds is 5. The van der Waals surface area contributed by atoms with Crippen molar-refractivity contribution in [3.05, 3.63) is 78.8 Å². The molecule has 5 rings (SSSR count). The van der Waals surface area contributed by atoms with Crippen LogP contribution in [0.5, 0.6) is 11.6 Å². The number of nitrogens with one attached hydrogen (secondary N) is 1. The van der Waals surface area contributed by atoms with Gasteiger partial charge in [-0.3, -0.25) is 0 Å². The molecule has 0 bridgehead atoms. The maximum absolute atomic E-state index is 12.6. The van der Waals surface area contributed by atoms with Gasteiger partial charge in [0.2, 0.25) is 5.88 Å². The lowest BCUT2D eigenvalue weighted by Gasteiger charge is -2.34. The molecule has 1 amide bonds. The molecule has 190 valence electrons. The van der Waals surface area contributed by atoms with Crippen molar-refractivity contribution < 1.29 is 14.3 Å². The van der Waals surface area contributed by atoms with E-state index in [4.69, 9.17) is 9.47 Å². The van der Waals surface area contributed by atoms with Crippen molar-refractivity contribution in [2.45, 2.75) is 45.1 Å². The molecule has 0 saturated carbocycles. The molecule has 2 aromatic heterocycles. The van der Waals surface area contributed by atoms with Crippen LogP contribution in [0.1, 0.15) is 45.1 Å². The summed E-state index contributed by atoms with van der Waals surface area (Å²) in [4.78, 5) is 27.8. The lowest BCUT2D eigenvalue weighted by molar-refractivity contribution is 0.0198. The predicted octanol–water partition coefficient (Wildman–Crippen LogP) is 6.68. The Morgan fingerprint density at radius 2 is 1.86 bits per heavy atom. The second-order valence-corrected chi connectivity index (χ2v) is 10.2.